The molecular weight excluding hydrogens is 485 g/mol. The zero-order chi connectivity index (χ0) is 23.4. The smallest absolute Gasteiger partial charge is 0.211 e. The van der Waals surface area contributed by atoms with E-state index in [1.165, 1.54) is 11.3 Å². The predicted octanol–water partition coefficient (Wildman–Crippen LogP) is 6.26. The van der Waals surface area contributed by atoms with Crippen molar-refractivity contribution in [2.45, 2.75) is 0 Å². The second-order valence-corrected chi connectivity index (χ2v) is 8.25. The predicted molar refractivity (Wildman–Crippen MR) is 131 cm³/mol. The van der Waals surface area contributed by atoms with Crippen molar-refractivity contribution in [3.63, 3.8) is 0 Å². The summed E-state index contributed by atoms with van der Waals surface area (Å²) in [5, 5.41) is 7.48. The van der Waals surface area contributed by atoms with Crippen LogP contribution in [0.15, 0.2) is 68.6 Å². The second kappa shape index (κ2) is 10.2. The number of benzene rings is 2. The fraction of sp³-hybridized carbons (Fsp3) is 0.130. The Morgan fingerprint density at radius 2 is 1.70 bits per heavy atom. The maximum Gasteiger partial charge on any atom is 0.211 e. The number of ether oxygens (including phenoxy) is 3. The number of hydrogen-bond donors (Lipinski definition) is 0. The lowest BCUT2D eigenvalue weighted by Crippen LogP contribution is -2.11. The van der Waals surface area contributed by atoms with Crippen LogP contribution in [0.2, 0.25) is 10.0 Å². The van der Waals surface area contributed by atoms with Crippen LogP contribution in [0.3, 0.4) is 0 Å². The van der Waals surface area contributed by atoms with Gasteiger partial charge in [0.15, 0.2) is 17.3 Å². The fourth-order valence-corrected chi connectivity index (χ4v) is 4.15. The molecule has 170 valence electrons. The first kappa shape index (κ1) is 23.0. The SMILES string of the molecule is COc1cc(OC)c(OC)cc1C=Nn1c(-c2ccco2)csc1=Nc1ccc(Cl)c(Cl)c1. The van der Waals surface area contributed by atoms with E-state index < -0.39 is 0 Å². The van der Waals surface area contributed by atoms with Gasteiger partial charge in [0.1, 0.15) is 11.4 Å². The van der Waals surface area contributed by atoms with Crippen LogP contribution >= 0.6 is 34.5 Å². The minimum absolute atomic E-state index is 0.422. The Morgan fingerprint density at radius 3 is 2.36 bits per heavy atom. The van der Waals surface area contributed by atoms with Crippen LogP contribution in [0.1, 0.15) is 5.56 Å². The van der Waals surface area contributed by atoms with Crippen LogP contribution in [0.5, 0.6) is 17.2 Å². The minimum atomic E-state index is 0.422. The van der Waals surface area contributed by atoms with Gasteiger partial charge >= 0.3 is 0 Å². The highest BCUT2D eigenvalue weighted by Gasteiger charge is 2.13. The van der Waals surface area contributed by atoms with Crippen LogP contribution in [-0.2, 0) is 0 Å². The van der Waals surface area contributed by atoms with E-state index in [1.54, 1.807) is 68.8 Å². The van der Waals surface area contributed by atoms with Crippen LogP contribution < -0.4 is 19.0 Å². The molecule has 0 radical (unpaired) electrons. The van der Waals surface area contributed by atoms with Gasteiger partial charge in [-0.15, -0.1) is 11.3 Å². The first-order valence-corrected chi connectivity index (χ1v) is 11.3. The molecule has 0 aliphatic carbocycles. The molecule has 0 saturated carbocycles. The number of methoxy groups -OCH3 is 3. The lowest BCUT2D eigenvalue weighted by Gasteiger charge is -2.11. The van der Waals surface area contributed by atoms with Crippen LogP contribution in [-0.4, -0.2) is 32.2 Å². The Labute approximate surface area is 204 Å². The highest BCUT2D eigenvalue weighted by atomic mass is 35.5. The van der Waals surface area contributed by atoms with Gasteiger partial charge in [-0.05, 0) is 36.4 Å². The van der Waals surface area contributed by atoms with Gasteiger partial charge in [0.25, 0.3) is 0 Å². The molecule has 0 saturated heterocycles. The van der Waals surface area contributed by atoms with E-state index in [4.69, 9.17) is 46.8 Å². The van der Waals surface area contributed by atoms with E-state index in [9.17, 15) is 0 Å². The largest absolute Gasteiger partial charge is 0.496 e. The Morgan fingerprint density at radius 1 is 0.939 bits per heavy atom. The number of thiazole rings is 1. The first-order valence-electron chi connectivity index (χ1n) is 9.62. The summed E-state index contributed by atoms with van der Waals surface area (Å²) < 4.78 is 23.6. The lowest BCUT2D eigenvalue weighted by molar-refractivity contribution is 0.349. The molecule has 0 bridgehead atoms. The molecule has 0 fully saturated rings. The summed E-state index contributed by atoms with van der Waals surface area (Å²) in [6.07, 6.45) is 3.27. The zero-order valence-electron chi connectivity index (χ0n) is 17.9. The molecule has 0 spiro atoms. The van der Waals surface area contributed by atoms with Crippen molar-refractivity contribution < 1.29 is 18.6 Å². The molecule has 0 atom stereocenters. The van der Waals surface area contributed by atoms with E-state index in [2.05, 4.69) is 5.10 Å². The molecule has 0 unspecified atom stereocenters. The molecule has 2 heterocycles. The van der Waals surface area contributed by atoms with Gasteiger partial charge in [-0.25, -0.2) is 9.67 Å². The van der Waals surface area contributed by atoms with Gasteiger partial charge in [-0.3, -0.25) is 0 Å². The molecule has 0 N–H and O–H groups in total. The molecular formula is C23H19Cl2N3O4S. The molecule has 10 heteroatoms. The third-order valence-corrected chi connectivity index (χ3v) is 6.19. The average molecular weight is 504 g/mol. The van der Waals surface area contributed by atoms with Gasteiger partial charge < -0.3 is 18.6 Å². The highest BCUT2D eigenvalue weighted by Crippen LogP contribution is 2.34. The van der Waals surface area contributed by atoms with Crippen molar-refractivity contribution in [2.24, 2.45) is 10.1 Å². The highest BCUT2D eigenvalue weighted by molar-refractivity contribution is 7.07. The monoisotopic (exact) mass is 503 g/mol. The van der Waals surface area contributed by atoms with Crippen molar-refractivity contribution in [2.75, 3.05) is 21.3 Å². The molecule has 4 aromatic rings. The summed E-state index contributed by atoms with van der Waals surface area (Å²) in [6.45, 7) is 0. The van der Waals surface area contributed by atoms with Gasteiger partial charge in [-0.1, -0.05) is 23.2 Å². The maximum absolute atomic E-state index is 6.16. The van der Waals surface area contributed by atoms with E-state index in [0.29, 0.717) is 49.1 Å². The third-order valence-electron chi connectivity index (χ3n) is 4.64. The molecule has 0 aliphatic rings. The van der Waals surface area contributed by atoms with E-state index >= 15 is 0 Å². The summed E-state index contributed by atoms with van der Waals surface area (Å²) in [6, 6.07) is 12.4. The Hall–Kier alpha value is -3.20. The van der Waals surface area contributed by atoms with Gasteiger partial charge in [-0.2, -0.15) is 5.10 Å². The quantitative estimate of drug-likeness (QED) is 0.279. The topological polar surface area (TPSA) is 70.5 Å². The summed E-state index contributed by atoms with van der Waals surface area (Å²) in [7, 11) is 4.72. The molecule has 7 nitrogen and oxygen atoms in total. The normalized spacial score (nSPS) is 11.8. The number of furan rings is 1. The summed E-state index contributed by atoms with van der Waals surface area (Å²) in [5.74, 6) is 2.34. The summed E-state index contributed by atoms with van der Waals surface area (Å²) in [4.78, 5) is 5.30. The van der Waals surface area contributed by atoms with Crippen molar-refractivity contribution in [1.29, 1.82) is 0 Å². The molecule has 0 aliphatic heterocycles. The average Bonchev–Trinajstić information content (AvgIpc) is 3.49. The fourth-order valence-electron chi connectivity index (χ4n) is 3.02. The molecule has 2 aromatic carbocycles. The first-order chi connectivity index (χ1) is 16.0. The Bertz CT molecular complexity index is 1360. The second-order valence-electron chi connectivity index (χ2n) is 6.60. The van der Waals surface area contributed by atoms with E-state index in [-0.39, 0.29) is 0 Å². The summed E-state index contributed by atoms with van der Waals surface area (Å²) >= 11 is 13.6. The van der Waals surface area contributed by atoms with Gasteiger partial charge in [0.2, 0.25) is 4.80 Å². The summed E-state index contributed by atoms with van der Waals surface area (Å²) in [5.41, 5.74) is 2.07. The number of aromatic nitrogens is 1. The minimum Gasteiger partial charge on any atom is -0.496 e. The number of hydrogen-bond acceptors (Lipinski definition) is 7. The molecule has 33 heavy (non-hydrogen) atoms. The lowest BCUT2D eigenvalue weighted by atomic mass is 10.2. The standard InChI is InChI=1S/C23H19Cl2N3O4S/c1-29-20-11-22(31-3)21(30-2)9-14(20)12-26-28-18(19-5-4-8-32-19)13-33-23(28)27-15-6-7-16(24)17(25)10-15/h4-13H,1-3H3. The van der Waals surface area contributed by atoms with Crippen LogP contribution in [0, 0.1) is 0 Å². The Balaban J connectivity index is 1.84. The van der Waals surface area contributed by atoms with Crippen LogP contribution in [0.25, 0.3) is 11.5 Å². The van der Waals surface area contributed by atoms with Crippen molar-refractivity contribution in [3.05, 3.63) is 74.5 Å². The Kier molecular flexibility index (Phi) is 7.08. The molecule has 4 rings (SSSR count). The van der Waals surface area contributed by atoms with Crippen LogP contribution in [0.4, 0.5) is 5.69 Å². The van der Waals surface area contributed by atoms with Crippen molar-refractivity contribution in [3.8, 4) is 28.7 Å². The number of rotatable bonds is 7. The molecule has 2 aromatic heterocycles. The van der Waals surface area contributed by atoms with Crippen molar-refractivity contribution >= 4 is 46.4 Å². The van der Waals surface area contributed by atoms with E-state index in [0.717, 1.165) is 5.69 Å². The zero-order valence-corrected chi connectivity index (χ0v) is 20.2. The van der Waals surface area contributed by atoms with E-state index in [1.807, 2.05) is 17.5 Å². The maximum atomic E-state index is 6.16. The molecule has 0 amide bonds. The van der Waals surface area contributed by atoms with Gasteiger partial charge in [0, 0.05) is 17.0 Å². The van der Waals surface area contributed by atoms with Crippen molar-refractivity contribution in [1.82, 2.24) is 4.68 Å². The third kappa shape index (κ3) is 4.93. The van der Waals surface area contributed by atoms with Gasteiger partial charge in [0.05, 0.1) is 49.5 Å². The number of nitrogens with zero attached hydrogens (tertiary/aromatic N) is 3. The number of halogens is 2.